The zero-order chi connectivity index (χ0) is 11.5. The number of thiophene rings is 1. The van der Waals surface area contributed by atoms with Crippen molar-refractivity contribution >= 4 is 29.1 Å². The van der Waals surface area contributed by atoms with E-state index in [4.69, 9.17) is 5.11 Å². The van der Waals surface area contributed by atoms with Crippen LogP contribution in [0, 0.1) is 0 Å². The molecule has 0 atom stereocenters. The number of benzene rings is 1. The summed E-state index contributed by atoms with van der Waals surface area (Å²) in [6.07, 6.45) is 1.96. The van der Waals surface area contributed by atoms with Gasteiger partial charge in [-0.25, -0.2) is 4.79 Å². The highest BCUT2D eigenvalue weighted by Crippen LogP contribution is 2.37. The Kier molecular flexibility index (Phi) is 3.31. The van der Waals surface area contributed by atoms with Crippen LogP contribution in [0.3, 0.4) is 0 Å². The van der Waals surface area contributed by atoms with Crippen LogP contribution in [0.1, 0.15) is 9.67 Å². The second-order valence-corrected chi connectivity index (χ2v) is 5.31. The van der Waals surface area contributed by atoms with Gasteiger partial charge in [0, 0.05) is 5.56 Å². The quantitative estimate of drug-likeness (QED) is 0.841. The van der Waals surface area contributed by atoms with Gasteiger partial charge in [-0.2, -0.15) is 0 Å². The van der Waals surface area contributed by atoms with E-state index < -0.39 is 5.97 Å². The van der Waals surface area contributed by atoms with Crippen LogP contribution in [0.15, 0.2) is 40.6 Å². The Morgan fingerprint density at radius 1 is 1.31 bits per heavy atom. The Morgan fingerprint density at radius 3 is 2.56 bits per heavy atom. The van der Waals surface area contributed by atoms with Crippen LogP contribution in [0.4, 0.5) is 0 Å². The van der Waals surface area contributed by atoms with Gasteiger partial charge in [0.15, 0.2) is 0 Å². The molecule has 16 heavy (non-hydrogen) atoms. The van der Waals surface area contributed by atoms with Crippen LogP contribution in [-0.4, -0.2) is 17.3 Å². The Balaban J connectivity index is 2.52. The van der Waals surface area contributed by atoms with Gasteiger partial charge in [0.25, 0.3) is 0 Å². The Morgan fingerprint density at radius 2 is 2.00 bits per heavy atom. The monoisotopic (exact) mass is 250 g/mol. The van der Waals surface area contributed by atoms with E-state index in [-0.39, 0.29) is 0 Å². The maximum atomic E-state index is 10.9. The van der Waals surface area contributed by atoms with Gasteiger partial charge in [0.2, 0.25) is 0 Å². The molecule has 1 aromatic heterocycles. The number of carbonyl (C=O) groups is 1. The van der Waals surface area contributed by atoms with Gasteiger partial charge in [0.05, 0.1) is 4.21 Å². The standard InChI is InChI=1S/C12H10O2S2/c1-15-12-9(7-10(16-12)11(13)14)8-5-3-2-4-6-8/h2-7H,1H3,(H,13,14). The van der Waals surface area contributed by atoms with E-state index in [0.29, 0.717) is 4.88 Å². The Bertz CT molecular complexity index is 503. The van der Waals surface area contributed by atoms with E-state index in [2.05, 4.69) is 0 Å². The lowest BCUT2D eigenvalue weighted by Gasteiger charge is -1.99. The number of aromatic carboxylic acids is 1. The van der Waals surface area contributed by atoms with Crippen LogP contribution < -0.4 is 0 Å². The van der Waals surface area contributed by atoms with Crippen LogP contribution >= 0.6 is 23.1 Å². The van der Waals surface area contributed by atoms with Gasteiger partial charge < -0.3 is 5.11 Å². The first-order chi connectivity index (χ1) is 7.72. The van der Waals surface area contributed by atoms with Crippen molar-refractivity contribution < 1.29 is 9.90 Å². The van der Waals surface area contributed by atoms with Crippen molar-refractivity contribution in [3.63, 3.8) is 0 Å². The summed E-state index contributed by atoms with van der Waals surface area (Å²) >= 11 is 2.91. The zero-order valence-corrected chi connectivity index (χ0v) is 10.3. The van der Waals surface area contributed by atoms with Crippen molar-refractivity contribution in [2.75, 3.05) is 6.26 Å². The minimum atomic E-state index is -0.859. The summed E-state index contributed by atoms with van der Waals surface area (Å²) in [6.45, 7) is 0. The van der Waals surface area contributed by atoms with E-state index in [1.165, 1.54) is 11.3 Å². The third kappa shape index (κ3) is 2.13. The van der Waals surface area contributed by atoms with Crippen LogP contribution in [0.2, 0.25) is 0 Å². The highest BCUT2D eigenvalue weighted by molar-refractivity contribution is 8.00. The fraction of sp³-hybridized carbons (Fsp3) is 0.0833. The highest BCUT2D eigenvalue weighted by Gasteiger charge is 2.14. The molecule has 0 bridgehead atoms. The summed E-state index contributed by atoms with van der Waals surface area (Å²) in [7, 11) is 0. The molecule has 1 heterocycles. The minimum absolute atomic E-state index is 0.392. The molecule has 0 unspecified atom stereocenters. The number of rotatable bonds is 3. The summed E-state index contributed by atoms with van der Waals surface area (Å²) in [5.74, 6) is -0.859. The first-order valence-corrected chi connectivity index (χ1v) is 6.73. The lowest BCUT2D eigenvalue weighted by molar-refractivity contribution is 0.0702. The predicted octanol–water partition coefficient (Wildman–Crippen LogP) is 3.84. The third-order valence-electron chi connectivity index (χ3n) is 2.18. The van der Waals surface area contributed by atoms with E-state index in [1.807, 2.05) is 36.6 Å². The largest absolute Gasteiger partial charge is 0.477 e. The van der Waals surface area contributed by atoms with Crippen LogP contribution in [-0.2, 0) is 0 Å². The van der Waals surface area contributed by atoms with Crippen molar-refractivity contribution in [1.82, 2.24) is 0 Å². The normalized spacial score (nSPS) is 10.3. The molecule has 0 spiro atoms. The summed E-state index contributed by atoms with van der Waals surface area (Å²) < 4.78 is 1.05. The molecule has 0 aliphatic rings. The Hall–Kier alpha value is -1.26. The Labute approximate surface area is 102 Å². The van der Waals surface area contributed by atoms with E-state index in [1.54, 1.807) is 17.8 Å². The molecular formula is C12H10O2S2. The number of hydrogen-bond donors (Lipinski definition) is 1. The lowest BCUT2D eigenvalue weighted by atomic mass is 10.1. The van der Waals surface area contributed by atoms with E-state index in [9.17, 15) is 4.79 Å². The van der Waals surface area contributed by atoms with Crippen molar-refractivity contribution in [3.05, 3.63) is 41.3 Å². The van der Waals surface area contributed by atoms with Gasteiger partial charge >= 0.3 is 5.97 Å². The van der Waals surface area contributed by atoms with E-state index >= 15 is 0 Å². The summed E-state index contributed by atoms with van der Waals surface area (Å²) in [6, 6.07) is 11.6. The molecule has 2 aromatic rings. The molecule has 2 rings (SSSR count). The molecule has 0 fully saturated rings. The number of thioether (sulfide) groups is 1. The summed E-state index contributed by atoms with van der Waals surface area (Å²) in [4.78, 5) is 11.3. The predicted molar refractivity (Wildman–Crippen MR) is 68.5 cm³/mol. The molecule has 0 saturated heterocycles. The number of hydrogen-bond acceptors (Lipinski definition) is 3. The van der Waals surface area contributed by atoms with Gasteiger partial charge in [-0.15, -0.1) is 23.1 Å². The molecule has 2 nitrogen and oxygen atoms in total. The number of carboxylic acids is 1. The fourth-order valence-corrected chi connectivity index (χ4v) is 3.20. The molecule has 4 heteroatoms. The van der Waals surface area contributed by atoms with Crippen molar-refractivity contribution in [3.8, 4) is 11.1 Å². The number of carboxylic acid groups (broad SMARTS) is 1. The fourth-order valence-electron chi connectivity index (χ4n) is 1.45. The van der Waals surface area contributed by atoms with Gasteiger partial charge in [-0.05, 0) is 17.9 Å². The maximum absolute atomic E-state index is 10.9. The van der Waals surface area contributed by atoms with Crippen molar-refractivity contribution in [2.45, 2.75) is 4.21 Å². The highest BCUT2D eigenvalue weighted by atomic mass is 32.2. The van der Waals surface area contributed by atoms with Gasteiger partial charge in [-0.1, -0.05) is 30.3 Å². The first kappa shape index (κ1) is 11.2. The van der Waals surface area contributed by atoms with Crippen LogP contribution in [0.25, 0.3) is 11.1 Å². The molecule has 0 radical (unpaired) electrons. The van der Waals surface area contributed by atoms with Gasteiger partial charge in [-0.3, -0.25) is 0 Å². The molecule has 1 N–H and O–H groups in total. The first-order valence-electron chi connectivity index (χ1n) is 4.69. The second-order valence-electron chi connectivity index (χ2n) is 3.19. The molecule has 0 amide bonds. The second kappa shape index (κ2) is 4.72. The minimum Gasteiger partial charge on any atom is -0.477 e. The smallest absolute Gasteiger partial charge is 0.345 e. The van der Waals surface area contributed by atoms with Crippen molar-refractivity contribution in [2.24, 2.45) is 0 Å². The average molecular weight is 250 g/mol. The maximum Gasteiger partial charge on any atom is 0.345 e. The van der Waals surface area contributed by atoms with Gasteiger partial charge in [0.1, 0.15) is 4.88 Å². The van der Waals surface area contributed by atoms with Crippen LogP contribution in [0.5, 0.6) is 0 Å². The molecule has 82 valence electrons. The lowest BCUT2D eigenvalue weighted by Crippen LogP contribution is -1.89. The molecule has 1 aromatic carbocycles. The molecule has 0 saturated carbocycles. The molecular weight excluding hydrogens is 240 g/mol. The SMILES string of the molecule is CSc1sc(C(=O)O)cc1-c1ccccc1. The summed E-state index contributed by atoms with van der Waals surface area (Å²) in [5.41, 5.74) is 2.08. The molecule has 0 aliphatic carbocycles. The molecule has 0 aliphatic heterocycles. The zero-order valence-electron chi connectivity index (χ0n) is 8.64. The summed E-state index contributed by atoms with van der Waals surface area (Å²) in [5, 5.41) is 8.97. The average Bonchev–Trinajstić information content (AvgIpc) is 2.74. The topological polar surface area (TPSA) is 37.3 Å². The third-order valence-corrected chi connectivity index (χ3v) is 4.44. The van der Waals surface area contributed by atoms with E-state index in [0.717, 1.165) is 15.3 Å². The van der Waals surface area contributed by atoms with Crippen molar-refractivity contribution in [1.29, 1.82) is 0 Å².